The Morgan fingerprint density at radius 3 is 1.82 bits per heavy atom. The predicted octanol–water partition coefficient (Wildman–Crippen LogP) is 14.7. The van der Waals surface area contributed by atoms with Crippen molar-refractivity contribution in [3.63, 3.8) is 0 Å². The van der Waals surface area contributed by atoms with Crippen molar-refractivity contribution < 1.29 is 30.4 Å². The van der Waals surface area contributed by atoms with E-state index in [0.29, 0.717) is 11.5 Å². The van der Waals surface area contributed by atoms with Gasteiger partial charge >= 0.3 is 0 Å². The summed E-state index contributed by atoms with van der Waals surface area (Å²) in [5.74, 6) is 1.96. The number of para-hydroxylation sites is 1. The first-order valence-corrected chi connectivity index (χ1v) is 22.8. The first kappa shape index (κ1) is 45.3. The number of fused-ring (bicyclic) bond motifs is 3. The van der Waals surface area contributed by atoms with E-state index in [2.05, 4.69) is 247 Å². The Hall–Kier alpha value is -6.81. The largest absolute Gasteiger partial charge is 0.510 e. The molecule has 0 aliphatic heterocycles. The molecule has 10 rings (SSSR count). The molecule has 5 nitrogen and oxygen atoms in total. The van der Waals surface area contributed by atoms with Crippen LogP contribution in [0.1, 0.15) is 77.6 Å². The molecule has 0 spiro atoms. The molecule has 0 bridgehead atoms. The van der Waals surface area contributed by atoms with Crippen molar-refractivity contribution in [1.29, 1.82) is 0 Å². The second-order valence-corrected chi connectivity index (χ2v) is 19.9. The molecular weight excluding hydrogens is 1000 g/mol. The van der Waals surface area contributed by atoms with Crippen molar-refractivity contribution in [2.45, 2.75) is 71.6 Å². The third kappa shape index (κ3) is 8.94. The van der Waals surface area contributed by atoms with Gasteiger partial charge in [-0.1, -0.05) is 176 Å². The smallest absolute Gasteiger partial charge is 0.267 e. The minimum atomic E-state index is -0.239. The van der Waals surface area contributed by atoms with Crippen molar-refractivity contribution in [3.05, 3.63) is 223 Å². The summed E-state index contributed by atoms with van der Waals surface area (Å²) in [4.78, 5) is 4.97. The number of nitrogens with zero attached hydrogens (tertiary/aromatic N) is 4. The molecular formula is C61H54N4OPt-2. The Bertz CT molecular complexity index is 3340. The van der Waals surface area contributed by atoms with Gasteiger partial charge in [0.05, 0.1) is 11.4 Å². The van der Waals surface area contributed by atoms with E-state index in [1.165, 1.54) is 22.3 Å². The molecule has 0 aliphatic carbocycles. The number of aromatic nitrogens is 4. The van der Waals surface area contributed by atoms with Crippen molar-refractivity contribution in [1.82, 2.24) is 14.1 Å². The molecule has 336 valence electrons. The molecule has 0 fully saturated rings. The van der Waals surface area contributed by atoms with Gasteiger partial charge in [-0.15, -0.1) is 35.2 Å². The fourth-order valence-electron chi connectivity index (χ4n) is 8.86. The molecule has 0 atom stereocenters. The zero-order valence-corrected chi connectivity index (χ0v) is 41.6. The third-order valence-electron chi connectivity index (χ3n) is 12.8. The summed E-state index contributed by atoms with van der Waals surface area (Å²) in [6.07, 6.45) is 7.82. The van der Waals surface area contributed by atoms with Gasteiger partial charge in [-0.3, -0.25) is 4.57 Å². The average Bonchev–Trinajstić information content (AvgIpc) is 3.92. The van der Waals surface area contributed by atoms with E-state index in [9.17, 15) is 0 Å². The van der Waals surface area contributed by atoms with Crippen molar-refractivity contribution in [2.24, 2.45) is 0 Å². The number of rotatable bonds is 9. The van der Waals surface area contributed by atoms with Crippen LogP contribution in [0.15, 0.2) is 182 Å². The first-order chi connectivity index (χ1) is 31.7. The topological polar surface area (TPSA) is 35.9 Å². The van der Waals surface area contributed by atoms with Crippen LogP contribution in [0.3, 0.4) is 0 Å². The summed E-state index contributed by atoms with van der Waals surface area (Å²) in [7, 11) is 0. The number of hydrogen-bond acceptors (Lipinski definition) is 2. The Kier molecular flexibility index (Phi) is 12.0. The molecule has 0 amide bonds. The molecule has 3 heterocycles. The van der Waals surface area contributed by atoms with Gasteiger partial charge in [0.15, 0.2) is 0 Å². The van der Waals surface area contributed by atoms with Crippen LogP contribution in [0, 0.1) is 18.5 Å². The van der Waals surface area contributed by atoms with Crippen molar-refractivity contribution in [2.75, 3.05) is 0 Å². The number of hydrogen-bond donors (Lipinski definition) is 0. The molecule has 6 heteroatoms. The molecule has 7 aromatic carbocycles. The van der Waals surface area contributed by atoms with E-state index in [1.807, 2.05) is 22.9 Å². The summed E-state index contributed by atoms with van der Waals surface area (Å²) in [6.45, 7) is 18.2. The van der Waals surface area contributed by atoms with Gasteiger partial charge in [0, 0.05) is 55.9 Å². The average molecular weight is 1050 g/mol. The summed E-state index contributed by atoms with van der Waals surface area (Å²) in [6, 6.07) is 67.1. The normalized spacial score (nSPS) is 12.1. The van der Waals surface area contributed by atoms with Crippen LogP contribution >= 0.6 is 0 Å². The van der Waals surface area contributed by atoms with E-state index >= 15 is 0 Å². The SMILES string of the molecule is CC(C)(C)c1cc(-[n+]2[c-]n(-c3[c-]c(Oc4[c-]c5c(cc4)c4ccccc4n5-c4cc(C(C)(C)c5ccccc5)ccn4)cc(-c4ccccc4)c3)cc2-c2ccccc2)cc(C(C)(C)C)c1.[Pt]. The molecule has 3 aromatic heterocycles. The summed E-state index contributed by atoms with van der Waals surface area (Å²) >= 11 is 0. The molecule has 10 aromatic rings. The van der Waals surface area contributed by atoms with E-state index in [-0.39, 0.29) is 37.3 Å². The molecule has 0 N–H and O–H groups in total. The van der Waals surface area contributed by atoms with Crippen LogP contribution in [0.4, 0.5) is 0 Å². The molecule has 0 radical (unpaired) electrons. The molecule has 0 saturated heterocycles. The number of benzene rings is 7. The van der Waals surface area contributed by atoms with E-state index in [4.69, 9.17) is 9.72 Å². The Morgan fingerprint density at radius 2 is 1.15 bits per heavy atom. The zero-order chi connectivity index (χ0) is 45.8. The van der Waals surface area contributed by atoms with Gasteiger partial charge in [0.25, 0.3) is 6.33 Å². The Labute approximate surface area is 409 Å². The fourth-order valence-corrected chi connectivity index (χ4v) is 8.86. The molecule has 0 unspecified atom stereocenters. The molecule has 0 aliphatic rings. The monoisotopic (exact) mass is 1050 g/mol. The Balaban J connectivity index is 0.00000562. The maximum atomic E-state index is 6.87. The first-order valence-electron chi connectivity index (χ1n) is 22.8. The number of ether oxygens (including phenoxy) is 1. The van der Waals surface area contributed by atoms with E-state index < -0.39 is 0 Å². The summed E-state index contributed by atoms with van der Waals surface area (Å²) in [5, 5.41) is 2.19. The van der Waals surface area contributed by atoms with Crippen LogP contribution in [0.5, 0.6) is 11.5 Å². The van der Waals surface area contributed by atoms with Gasteiger partial charge in [0.2, 0.25) is 0 Å². The van der Waals surface area contributed by atoms with Crippen LogP contribution in [-0.2, 0) is 37.3 Å². The van der Waals surface area contributed by atoms with Gasteiger partial charge in [-0.25, -0.2) is 4.98 Å². The van der Waals surface area contributed by atoms with Gasteiger partial charge in [-0.2, -0.15) is 12.1 Å². The van der Waals surface area contributed by atoms with Crippen LogP contribution in [0.25, 0.3) is 61.4 Å². The number of pyridine rings is 1. The van der Waals surface area contributed by atoms with Crippen molar-refractivity contribution in [3.8, 4) is 51.1 Å². The minimum absolute atomic E-state index is 0. The third-order valence-corrected chi connectivity index (χ3v) is 12.8. The molecule has 67 heavy (non-hydrogen) atoms. The second kappa shape index (κ2) is 17.8. The van der Waals surface area contributed by atoms with Crippen LogP contribution < -0.4 is 9.30 Å². The maximum Gasteiger partial charge on any atom is 0.267 e. The Morgan fingerprint density at radius 1 is 0.522 bits per heavy atom. The standard InChI is InChI=1S/C61H54N4O.Pt/c1-59(2,3)47-34-48(60(4,5)6)36-50(35-47)64-41-63(40-57(64)43-22-14-10-15-23-43)49-32-44(42-20-12-9-13-21-42)33-52(38-49)66-51-28-29-54-53-26-18-19-27-55(53)65(56(54)39-51)58-37-46(30-31-62-58)61(7,8)45-24-16-11-17-25-45;/h9-37,40H,1-8H3;/q-2;. The van der Waals surface area contributed by atoms with Gasteiger partial charge in [0.1, 0.15) is 5.82 Å². The molecule has 0 saturated carbocycles. The van der Waals surface area contributed by atoms with Gasteiger partial charge in [-0.05, 0) is 85.6 Å². The van der Waals surface area contributed by atoms with Crippen molar-refractivity contribution >= 4 is 21.8 Å². The fraction of sp³-hybridized carbons (Fsp3) is 0.180. The van der Waals surface area contributed by atoms with Gasteiger partial charge < -0.3 is 13.9 Å². The summed E-state index contributed by atoms with van der Waals surface area (Å²) in [5.41, 5.74) is 12.6. The van der Waals surface area contributed by atoms with Crippen LogP contribution in [0.2, 0.25) is 0 Å². The van der Waals surface area contributed by atoms with E-state index in [1.54, 1.807) is 0 Å². The van der Waals surface area contributed by atoms with E-state index in [0.717, 1.165) is 61.4 Å². The second-order valence-electron chi connectivity index (χ2n) is 19.9. The maximum absolute atomic E-state index is 6.87. The minimum Gasteiger partial charge on any atom is -0.510 e. The van der Waals surface area contributed by atoms with Crippen LogP contribution in [-0.4, -0.2) is 14.1 Å². The summed E-state index contributed by atoms with van der Waals surface area (Å²) < 4.78 is 13.3. The zero-order valence-electron chi connectivity index (χ0n) is 39.3. The predicted molar refractivity (Wildman–Crippen MR) is 269 cm³/mol. The quantitative estimate of drug-likeness (QED) is 0.107. The number of imidazole rings is 1.